The summed E-state index contributed by atoms with van der Waals surface area (Å²) in [4.78, 5) is 23.2. The number of phenolic OH excluding ortho intramolecular Hbond substituents is 1. The standard InChI is InChI=1S/C15H22N2O4/c1-3-9(2)13(15(20)21)17-14(19)12(16)8-10-4-6-11(18)7-5-10/h4-7,9,12-13,18H,3,8,16H2,1-2H3,(H,17,19)(H,20,21)/t9-,12?,13-/m0/s1. The van der Waals surface area contributed by atoms with E-state index in [1.807, 2.05) is 6.92 Å². The highest BCUT2D eigenvalue weighted by Crippen LogP contribution is 2.12. The predicted molar refractivity (Wildman–Crippen MR) is 78.8 cm³/mol. The summed E-state index contributed by atoms with van der Waals surface area (Å²) in [6.45, 7) is 3.63. The van der Waals surface area contributed by atoms with Gasteiger partial charge in [0.2, 0.25) is 5.91 Å². The minimum absolute atomic E-state index is 0.138. The maximum absolute atomic E-state index is 12.0. The van der Waals surface area contributed by atoms with Crippen molar-refractivity contribution in [2.24, 2.45) is 11.7 Å². The topological polar surface area (TPSA) is 113 Å². The molecule has 0 fully saturated rings. The van der Waals surface area contributed by atoms with Gasteiger partial charge in [-0.1, -0.05) is 32.4 Å². The molecule has 6 heteroatoms. The zero-order valence-electron chi connectivity index (χ0n) is 12.2. The molecule has 0 heterocycles. The lowest BCUT2D eigenvalue weighted by molar-refractivity contribution is -0.143. The highest BCUT2D eigenvalue weighted by molar-refractivity contribution is 5.87. The number of hydrogen-bond acceptors (Lipinski definition) is 4. The Labute approximate surface area is 124 Å². The fourth-order valence-corrected chi connectivity index (χ4v) is 1.92. The summed E-state index contributed by atoms with van der Waals surface area (Å²) in [5.74, 6) is -1.59. The van der Waals surface area contributed by atoms with E-state index in [0.29, 0.717) is 6.42 Å². The Bertz CT molecular complexity index is 487. The van der Waals surface area contributed by atoms with Gasteiger partial charge in [-0.25, -0.2) is 4.79 Å². The van der Waals surface area contributed by atoms with Crippen LogP contribution in [0, 0.1) is 5.92 Å². The predicted octanol–water partition coefficient (Wildman–Crippen LogP) is 0.877. The van der Waals surface area contributed by atoms with Gasteiger partial charge in [-0.05, 0) is 30.0 Å². The molecule has 0 aliphatic rings. The zero-order valence-corrected chi connectivity index (χ0v) is 12.2. The van der Waals surface area contributed by atoms with Crippen LogP contribution in [0.1, 0.15) is 25.8 Å². The molecule has 0 radical (unpaired) electrons. The van der Waals surface area contributed by atoms with Crippen molar-refractivity contribution in [3.8, 4) is 5.75 Å². The Hall–Kier alpha value is -2.08. The second kappa shape index (κ2) is 7.64. The Kier molecular flexibility index (Phi) is 6.17. The number of nitrogens with two attached hydrogens (primary N) is 1. The van der Waals surface area contributed by atoms with Gasteiger partial charge in [0.1, 0.15) is 11.8 Å². The number of hydrogen-bond donors (Lipinski definition) is 4. The van der Waals surface area contributed by atoms with Crippen LogP contribution in [0.4, 0.5) is 0 Å². The number of rotatable bonds is 7. The molecule has 0 aromatic heterocycles. The minimum Gasteiger partial charge on any atom is -0.508 e. The lowest BCUT2D eigenvalue weighted by Gasteiger charge is -2.22. The third-order valence-electron chi connectivity index (χ3n) is 3.51. The van der Waals surface area contributed by atoms with Crippen LogP contribution < -0.4 is 11.1 Å². The van der Waals surface area contributed by atoms with Crippen molar-refractivity contribution in [1.29, 1.82) is 0 Å². The van der Waals surface area contributed by atoms with Gasteiger partial charge in [0, 0.05) is 0 Å². The lowest BCUT2D eigenvalue weighted by Crippen LogP contribution is -2.51. The van der Waals surface area contributed by atoms with Crippen LogP contribution in [0.5, 0.6) is 5.75 Å². The Morgan fingerprint density at radius 2 is 1.86 bits per heavy atom. The van der Waals surface area contributed by atoms with Crippen molar-refractivity contribution in [1.82, 2.24) is 5.32 Å². The number of phenols is 1. The van der Waals surface area contributed by atoms with Crippen molar-refractivity contribution < 1.29 is 19.8 Å². The van der Waals surface area contributed by atoms with Crippen LogP contribution in [0.3, 0.4) is 0 Å². The third-order valence-corrected chi connectivity index (χ3v) is 3.51. The Morgan fingerprint density at radius 3 is 2.33 bits per heavy atom. The summed E-state index contributed by atoms with van der Waals surface area (Å²) in [6, 6.07) is 4.60. The first-order valence-electron chi connectivity index (χ1n) is 6.91. The number of carboxylic acids is 1. The third kappa shape index (κ3) is 5.07. The minimum atomic E-state index is -1.06. The molecule has 116 valence electrons. The largest absolute Gasteiger partial charge is 0.508 e. The van der Waals surface area contributed by atoms with Crippen LogP contribution in [0.15, 0.2) is 24.3 Å². The number of carbonyl (C=O) groups excluding carboxylic acids is 1. The molecule has 1 rings (SSSR count). The molecule has 3 atom stereocenters. The van der Waals surface area contributed by atoms with Crippen LogP contribution in [0.25, 0.3) is 0 Å². The first kappa shape index (κ1) is 17.0. The zero-order chi connectivity index (χ0) is 16.0. The highest BCUT2D eigenvalue weighted by atomic mass is 16.4. The highest BCUT2D eigenvalue weighted by Gasteiger charge is 2.27. The van der Waals surface area contributed by atoms with Gasteiger partial charge < -0.3 is 21.3 Å². The van der Waals surface area contributed by atoms with E-state index in [2.05, 4.69) is 5.32 Å². The molecule has 1 amide bonds. The van der Waals surface area contributed by atoms with Gasteiger partial charge in [-0.2, -0.15) is 0 Å². The number of nitrogens with one attached hydrogen (secondary N) is 1. The van der Waals surface area contributed by atoms with E-state index in [1.165, 1.54) is 12.1 Å². The van der Waals surface area contributed by atoms with E-state index in [-0.39, 0.29) is 18.1 Å². The van der Waals surface area contributed by atoms with E-state index < -0.39 is 24.0 Å². The van der Waals surface area contributed by atoms with Gasteiger partial charge in [0.05, 0.1) is 6.04 Å². The summed E-state index contributed by atoms with van der Waals surface area (Å²) in [5.41, 5.74) is 6.61. The molecule has 0 saturated heterocycles. The van der Waals surface area contributed by atoms with E-state index in [0.717, 1.165) is 5.56 Å². The first-order valence-corrected chi connectivity index (χ1v) is 6.91. The summed E-state index contributed by atoms with van der Waals surface area (Å²) in [7, 11) is 0. The maximum Gasteiger partial charge on any atom is 0.326 e. The van der Waals surface area contributed by atoms with Gasteiger partial charge in [0.25, 0.3) is 0 Å². The summed E-state index contributed by atoms with van der Waals surface area (Å²) in [5, 5.41) is 20.8. The van der Waals surface area contributed by atoms with Crippen LogP contribution in [0.2, 0.25) is 0 Å². The van der Waals surface area contributed by atoms with Gasteiger partial charge in [-0.15, -0.1) is 0 Å². The molecule has 0 spiro atoms. The number of carbonyl (C=O) groups is 2. The average molecular weight is 294 g/mol. The van der Waals surface area contributed by atoms with Gasteiger partial charge in [0.15, 0.2) is 0 Å². The SMILES string of the molecule is CC[C@H](C)[C@H](NC(=O)C(N)Cc1ccc(O)cc1)C(=O)O. The van der Waals surface area contributed by atoms with Crippen molar-refractivity contribution in [3.05, 3.63) is 29.8 Å². The van der Waals surface area contributed by atoms with Crippen molar-refractivity contribution in [2.75, 3.05) is 0 Å². The second-order valence-corrected chi connectivity index (χ2v) is 5.19. The molecular formula is C15H22N2O4. The average Bonchev–Trinajstić information content (AvgIpc) is 2.45. The van der Waals surface area contributed by atoms with E-state index in [9.17, 15) is 14.7 Å². The molecule has 21 heavy (non-hydrogen) atoms. The van der Waals surface area contributed by atoms with Gasteiger partial charge >= 0.3 is 5.97 Å². The normalized spacial score (nSPS) is 15.0. The molecule has 5 N–H and O–H groups in total. The maximum atomic E-state index is 12.0. The molecule has 0 saturated carbocycles. The molecule has 0 aliphatic heterocycles. The van der Waals surface area contributed by atoms with Crippen LogP contribution in [-0.2, 0) is 16.0 Å². The van der Waals surface area contributed by atoms with Crippen LogP contribution in [-0.4, -0.2) is 34.2 Å². The van der Waals surface area contributed by atoms with E-state index >= 15 is 0 Å². The smallest absolute Gasteiger partial charge is 0.326 e. The van der Waals surface area contributed by atoms with Crippen molar-refractivity contribution in [3.63, 3.8) is 0 Å². The molecule has 1 aromatic carbocycles. The molecule has 6 nitrogen and oxygen atoms in total. The molecule has 1 unspecified atom stereocenters. The number of aromatic hydroxyl groups is 1. The number of carboxylic acid groups (broad SMARTS) is 1. The molecule has 0 bridgehead atoms. The Balaban J connectivity index is 2.64. The number of benzene rings is 1. The Morgan fingerprint density at radius 1 is 1.29 bits per heavy atom. The van der Waals surface area contributed by atoms with E-state index in [4.69, 9.17) is 10.8 Å². The van der Waals surface area contributed by atoms with Gasteiger partial charge in [-0.3, -0.25) is 4.79 Å². The van der Waals surface area contributed by atoms with Crippen molar-refractivity contribution in [2.45, 2.75) is 38.8 Å². The molecule has 0 aliphatic carbocycles. The first-order chi connectivity index (χ1) is 9.85. The summed E-state index contributed by atoms with van der Waals surface area (Å²) in [6.07, 6.45) is 0.920. The monoisotopic (exact) mass is 294 g/mol. The summed E-state index contributed by atoms with van der Waals surface area (Å²) < 4.78 is 0. The number of amides is 1. The van der Waals surface area contributed by atoms with Crippen LogP contribution >= 0.6 is 0 Å². The fourth-order valence-electron chi connectivity index (χ4n) is 1.92. The van der Waals surface area contributed by atoms with Crippen molar-refractivity contribution >= 4 is 11.9 Å². The lowest BCUT2D eigenvalue weighted by atomic mass is 9.98. The van der Waals surface area contributed by atoms with E-state index in [1.54, 1.807) is 19.1 Å². The quantitative estimate of drug-likeness (QED) is 0.596. The molecule has 1 aromatic rings. The fraction of sp³-hybridized carbons (Fsp3) is 0.467. The second-order valence-electron chi connectivity index (χ2n) is 5.19. The number of aliphatic carboxylic acids is 1. The summed E-state index contributed by atoms with van der Waals surface area (Å²) >= 11 is 0. The molecular weight excluding hydrogens is 272 g/mol.